The van der Waals surface area contributed by atoms with E-state index in [4.69, 9.17) is 0 Å². The molecule has 0 saturated heterocycles. The van der Waals surface area contributed by atoms with E-state index in [2.05, 4.69) is 27.5 Å². The van der Waals surface area contributed by atoms with Crippen molar-refractivity contribution < 1.29 is 0 Å². The summed E-state index contributed by atoms with van der Waals surface area (Å²) < 4.78 is 0. The van der Waals surface area contributed by atoms with Gasteiger partial charge in [-0.05, 0) is 23.3 Å². The van der Waals surface area contributed by atoms with Crippen LogP contribution in [0.2, 0.25) is 0 Å². The van der Waals surface area contributed by atoms with Crippen LogP contribution in [-0.4, -0.2) is 20.6 Å². The fraction of sp³-hybridized carbons (Fsp3) is 0.667. The third-order valence-electron chi connectivity index (χ3n) is 1.26. The number of hydrogen-bond donors (Lipinski definition) is 0. The second-order valence-corrected chi connectivity index (χ2v) is 2.12. The van der Waals surface area contributed by atoms with Gasteiger partial charge in [-0.3, -0.25) is 0 Å². The first-order valence-corrected chi connectivity index (χ1v) is 3.43. The van der Waals surface area contributed by atoms with Crippen molar-refractivity contribution in [2.45, 2.75) is 26.2 Å². The summed E-state index contributed by atoms with van der Waals surface area (Å²) in [5.41, 5.74) is 0.928. The third kappa shape index (κ3) is 2.05. The minimum atomic E-state index is 0.928. The molecular weight excluding hydrogens is 128 g/mol. The van der Waals surface area contributed by atoms with E-state index in [9.17, 15) is 0 Å². The molecule has 0 fully saturated rings. The second-order valence-electron chi connectivity index (χ2n) is 2.12. The highest BCUT2D eigenvalue weighted by atomic mass is 15.4. The van der Waals surface area contributed by atoms with Gasteiger partial charge in [-0.1, -0.05) is 13.3 Å². The Labute approximate surface area is 59.7 Å². The summed E-state index contributed by atoms with van der Waals surface area (Å²) in [6.07, 6.45) is 4.92. The van der Waals surface area contributed by atoms with Crippen LogP contribution in [0.15, 0.2) is 6.20 Å². The van der Waals surface area contributed by atoms with Crippen LogP contribution in [0.1, 0.15) is 25.5 Å². The molecule has 0 aliphatic heterocycles. The molecule has 0 spiro atoms. The molecule has 10 heavy (non-hydrogen) atoms. The largest absolute Gasteiger partial charge is 0.135 e. The fourth-order valence-corrected chi connectivity index (χ4v) is 0.691. The summed E-state index contributed by atoms with van der Waals surface area (Å²) in [5.74, 6) is 0. The summed E-state index contributed by atoms with van der Waals surface area (Å²) >= 11 is 0. The van der Waals surface area contributed by atoms with Crippen molar-refractivity contribution in [3.8, 4) is 0 Å². The molecule has 1 rings (SSSR count). The predicted octanol–water partition coefficient (Wildman–Crippen LogP) is 0.609. The van der Waals surface area contributed by atoms with Gasteiger partial charge in [0.2, 0.25) is 0 Å². The highest BCUT2D eigenvalue weighted by molar-refractivity contribution is 4.88. The van der Waals surface area contributed by atoms with Gasteiger partial charge < -0.3 is 0 Å². The van der Waals surface area contributed by atoms with Crippen LogP contribution in [0.4, 0.5) is 0 Å². The van der Waals surface area contributed by atoms with Crippen molar-refractivity contribution in [1.29, 1.82) is 0 Å². The van der Waals surface area contributed by atoms with Crippen molar-refractivity contribution in [3.63, 3.8) is 0 Å². The first-order valence-electron chi connectivity index (χ1n) is 3.43. The predicted molar refractivity (Wildman–Crippen MR) is 36.2 cm³/mol. The number of nitrogens with zero attached hydrogens (tertiary/aromatic N) is 4. The van der Waals surface area contributed by atoms with Gasteiger partial charge in [-0.2, -0.15) is 0 Å². The topological polar surface area (TPSA) is 51.6 Å². The molecule has 0 amide bonds. The molecule has 0 radical (unpaired) electrons. The monoisotopic (exact) mass is 138 g/mol. The normalized spacial score (nSPS) is 9.70. The lowest BCUT2D eigenvalue weighted by Crippen LogP contribution is -1.96. The van der Waals surface area contributed by atoms with E-state index in [1.807, 2.05) is 0 Å². The Hall–Kier alpha value is -1.06. The Morgan fingerprint density at radius 3 is 2.90 bits per heavy atom. The van der Waals surface area contributed by atoms with Crippen LogP contribution in [0, 0.1) is 0 Å². The fourth-order valence-electron chi connectivity index (χ4n) is 0.691. The highest BCUT2D eigenvalue weighted by Gasteiger charge is 1.91. The summed E-state index contributed by atoms with van der Waals surface area (Å²) in [4.78, 5) is 0. The van der Waals surface area contributed by atoms with Crippen molar-refractivity contribution in [2.24, 2.45) is 0 Å². The molecule has 0 bridgehead atoms. The number of unbranched alkanes of at least 4 members (excludes halogenated alkanes) is 1. The van der Waals surface area contributed by atoms with Crippen LogP contribution in [0.5, 0.6) is 0 Å². The van der Waals surface area contributed by atoms with Gasteiger partial charge in [0.25, 0.3) is 0 Å². The summed E-state index contributed by atoms with van der Waals surface area (Å²) in [7, 11) is 0. The first-order chi connectivity index (χ1) is 4.93. The zero-order chi connectivity index (χ0) is 7.23. The van der Waals surface area contributed by atoms with E-state index in [-0.39, 0.29) is 0 Å². The van der Waals surface area contributed by atoms with Crippen LogP contribution in [0.25, 0.3) is 0 Å². The number of rotatable bonds is 3. The molecule has 0 atom stereocenters. The quantitative estimate of drug-likeness (QED) is 0.614. The number of hydrogen-bond acceptors (Lipinski definition) is 4. The summed E-state index contributed by atoms with van der Waals surface area (Å²) in [6, 6.07) is 0. The molecule has 4 nitrogen and oxygen atoms in total. The maximum atomic E-state index is 3.79. The molecule has 0 aliphatic carbocycles. The Kier molecular flexibility index (Phi) is 2.73. The van der Waals surface area contributed by atoms with Gasteiger partial charge in [0, 0.05) is 0 Å². The molecule has 1 heterocycles. The Morgan fingerprint density at radius 2 is 2.30 bits per heavy atom. The van der Waals surface area contributed by atoms with E-state index >= 15 is 0 Å². The summed E-state index contributed by atoms with van der Waals surface area (Å²) in [5, 5.41) is 14.2. The Balaban J connectivity index is 2.43. The van der Waals surface area contributed by atoms with Crippen molar-refractivity contribution >= 4 is 0 Å². The molecule has 1 aromatic heterocycles. The van der Waals surface area contributed by atoms with E-state index < -0.39 is 0 Å². The molecule has 1 aromatic rings. The standard InChI is InChI=1S/C6H10N4/c1-2-3-4-6-5-7-9-10-8-6/h5H,2-4H2,1H3. The average molecular weight is 138 g/mol. The Bertz CT molecular complexity index is 174. The van der Waals surface area contributed by atoms with Crippen LogP contribution < -0.4 is 0 Å². The average Bonchev–Trinajstić information content (AvgIpc) is 2.03. The van der Waals surface area contributed by atoms with Crippen LogP contribution >= 0.6 is 0 Å². The maximum Gasteiger partial charge on any atom is 0.0851 e. The zero-order valence-corrected chi connectivity index (χ0v) is 5.99. The zero-order valence-electron chi connectivity index (χ0n) is 5.99. The van der Waals surface area contributed by atoms with Gasteiger partial charge >= 0.3 is 0 Å². The van der Waals surface area contributed by atoms with E-state index in [1.165, 1.54) is 6.42 Å². The van der Waals surface area contributed by atoms with Gasteiger partial charge in [-0.25, -0.2) is 0 Å². The lowest BCUT2D eigenvalue weighted by Gasteiger charge is -1.92. The molecule has 54 valence electrons. The third-order valence-corrected chi connectivity index (χ3v) is 1.26. The SMILES string of the molecule is CCCCc1cnnnn1. The van der Waals surface area contributed by atoms with Crippen molar-refractivity contribution in [2.75, 3.05) is 0 Å². The highest BCUT2D eigenvalue weighted by Crippen LogP contribution is 1.96. The van der Waals surface area contributed by atoms with Crippen LogP contribution in [-0.2, 0) is 6.42 Å². The minimum absolute atomic E-state index is 0.928. The van der Waals surface area contributed by atoms with Gasteiger partial charge in [0.1, 0.15) is 0 Å². The van der Waals surface area contributed by atoms with E-state index in [0.29, 0.717) is 0 Å². The number of aromatic nitrogens is 4. The molecule has 0 aromatic carbocycles. The van der Waals surface area contributed by atoms with E-state index in [1.54, 1.807) is 6.20 Å². The molecule has 0 aliphatic rings. The molecule has 0 N–H and O–H groups in total. The smallest absolute Gasteiger partial charge is 0.0851 e. The first kappa shape index (κ1) is 7.05. The van der Waals surface area contributed by atoms with Crippen molar-refractivity contribution in [1.82, 2.24) is 20.6 Å². The minimum Gasteiger partial charge on any atom is -0.135 e. The molecule has 0 saturated carbocycles. The van der Waals surface area contributed by atoms with Gasteiger partial charge in [-0.15, -0.1) is 10.2 Å². The molecular formula is C6H10N4. The molecule has 0 unspecified atom stereocenters. The maximum absolute atomic E-state index is 3.79. The number of aryl methyl sites for hydroxylation is 1. The summed E-state index contributed by atoms with van der Waals surface area (Å²) in [6.45, 7) is 2.14. The van der Waals surface area contributed by atoms with E-state index in [0.717, 1.165) is 18.5 Å². The lowest BCUT2D eigenvalue weighted by atomic mass is 10.2. The molecule has 4 heteroatoms. The van der Waals surface area contributed by atoms with Gasteiger partial charge in [0.15, 0.2) is 0 Å². The Morgan fingerprint density at radius 1 is 1.40 bits per heavy atom. The van der Waals surface area contributed by atoms with Crippen LogP contribution in [0.3, 0.4) is 0 Å². The lowest BCUT2D eigenvalue weighted by molar-refractivity contribution is 0.690. The second kappa shape index (κ2) is 3.87. The van der Waals surface area contributed by atoms with Gasteiger partial charge in [0.05, 0.1) is 11.9 Å². The van der Waals surface area contributed by atoms with Crippen molar-refractivity contribution in [3.05, 3.63) is 11.9 Å².